The molecule has 0 saturated carbocycles. The van der Waals surface area contributed by atoms with E-state index in [1.807, 2.05) is 6.92 Å². The molecule has 2 atom stereocenters. The third-order valence-electron chi connectivity index (χ3n) is 3.84. The summed E-state index contributed by atoms with van der Waals surface area (Å²) in [5.74, 6) is 1.76. The van der Waals surface area contributed by atoms with Crippen molar-refractivity contribution in [3.63, 3.8) is 0 Å². The van der Waals surface area contributed by atoms with Crippen molar-refractivity contribution in [3.05, 3.63) is 6.20 Å². The lowest BCUT2D eigenvalue weighted by Gasteiger charge is -2.35. The first kappa shape index (κ1) is 13.1. The van der Waals surface area contributed by atoms with Gasteiger partial charge in [-0.3, -0.25) is 5.10 Å². The van der Waals surface area contributed by atoms with Crippen LogP contribution in [0.3, 0.4) is 0 Å². The van der Waals surface area contributed by atoms with Crippen molar-refractivity contribution < 1.29 is 5.11 Å². The fourth-order valence-electron chi connectivity index (χ4n) is 2.54. The quantitative estimate of drug-likeness (QED) is 0.774. The van der Waals surface area contributed by atoms with Crippen LogP contribution in [0.15, 0.2) is 6.20 Å². The topological polar surface area (TPSA) is 90.0 Å². The van der Waals surface area contributed by atoms with Crippen LogP contribution in [0, 0.1) is 5.92 Å². The fourth-order valence-corrected chi connectivity index (χ4v) is 2.54. The Morgan fingerprint density at radius 1 is 1.50 bits per heavy atom. The Bertz CT molecular complexity index is 598. The van der Waals surface area contributed by atoms with E-state index in [1.54, 1.807) is 6.20 Å². The van der Waals surface area contributed by atoms with E-state index < -0.39 is 0 Å². The maximum Gasteiger partial charge on any atom is 0.226 e. The number of aliphatic hydroxyl groups is 1. The molecule has 1 aliphatic rings. The normalized spacial score (nSPS) is 23.2. The van der Waals surface area contributed by atoms with Crippen molar-refractivity contribution >= 4 is 22.8 Å². The van der Waals surface area contributed by atoms with Gasteiger partial charge in [0.05, 0.1) is 17.7 Å². The lowest BCUT2D eigenvalue weighted by molar-refractivity contribution is 0.103. The van der Waals surface area contributed by atoms with E-state index in [1.165, 1.54) is 0 Å². The number of nitrogens with one attached hydrogen (secondary N) is 2. The molecule has 0 bridgehead atoms. The van der Waals surface area contributed by atoms with Gasteiger partial charge in [0.25, 0.3) is 0 Å². The molecule has 7 nitrogen and oxygen atoms in total. The Kier molecular flexibility index (Phi) is 3.43. The molecule has 1 saturated heterocycles. The lowest BCUT2D eigenvalue weighted by Crippen LogP contribution is -2.43. The number of rotatable bonds is 3. The fraction of sp³-hybridized carbons (Fsp3) is 0.615. The summed E-state index contributed by atoms with van der Waals surface area (Å²) >= 11 is 0. The minimum Gasteiger partial charge on any atom is -0.391 e. The van der Waals surface area contributed by atoms with Crippen LogP contribution < -0.4 is 10.2 Å². The molecule has 0 aromatic carbocycles. The molecule has 0 spiro atoms. The maximum absolute atomic E-state index is 10.1. The van der Waals surface area contributed by atoms with E-state index in [9.17, 15) is 5.11 Å². The number of H-pyrrole nitrogens is 1. The van der Waals surface area contributed by atoms with E-state index in [0.29, 0.717) is 18.4 Å². The van der Waals surface area contributed by atoms with E-state index in [-0.39, 0.29) is 6.10 Å². The number of anilines is 2. The first-order valence-electron chi connectivity index (χ1n) is 7.07. The first-order valence-corrected chi connectivity index (χ1v) is 7.07. The number of β-amino-alcohol motifs (C(OH)–C–C–N with tert-alkyl or cyclic N) is 1. The standard InChI is InChI=1S/C13H20N6O/c1-3-14-13-16-11-9(6-15-18-11)12(17-13)19-5-4-8(2)10(20)7-19/h6,8,10,20H,3-5,7H2,1-2H3,(H2,14,15,16,17,18). The molecule has 3 N–H and O–H groups in total. The Morgan fingerprint density at radius 3 is 3.10 bits per heavy atom. The second kappa shape index (κ2) is 5.24. The van der Waals surface area contributed by atoms with Crippen LogP contribution in [0.1, 0.15) is 20.3 Å². The van der Waals surface area contributed by atoms with Crippen LogP contribution in [0.2, 0.25) is 0 Å². The molecule has 1 aliphatic heterocycles. The van der Waals surface area contributed by atoms with Crippen molar-refractivity contribution in [3.8, 4) is 0 Å². The molecule has 3 heterocycles. The number of aromatic nitrogens is 4. The predicted octanol–water partition coefficient (Wildman–Crippen LogP) is 0.992. The van der Waals surface area contributed by atoms with Gasteiger partial charge in [-0.2, -0.15) is 15.1 Å². The van der Waals surface area contributed by atoms with Crippen LogP contribution in [0.5, 0.6) is 0 Å². The van der Waals surface area contributed by atoms with Gasteiger partial charge in [0.2, 0.25) is 5.95 Å². The molecular weight excluding hydrogens is 256 g/mol. The van der Waals surface area contributed by atoms with E-state index in [0.717, 1.165) is 36.4 Å². The molecule has 2 aromatic heterocycles. The number of fused-ring (bicyclic) bond motifs is 1. The largest absolute Gasteiger partial charge is 0.391 e. The van der Waals surface area contributed by atoms with Crippen molar-refractivity contribution in [2.75, 3.05) is 29.9 Å². The SMILES string of the molecule is CCNc1nc(N2CCC(C)C(O)C2)c2cn[nH]c2n1. The summed E-state index contributed by atoms with van der Waals surface area (Å²) in [6, 6.07) is 0. The van der Waals surface area contributed by atoms with E-state index in [4.69, 9.17) is 0 Å². The number of aromatic amines is 1. The molecule has 2 aromatic rings. The number of hydrogen-bond donors (Lipinski definition) is 3. The monoisotopic (exact) mass is 276 g/mol. The predicted molar refractivity (Wildman–Crippen MR) is 77.8 cm³/mol. The summed E-state index contributed by atoms with van der Waals surface area (Å²) in [6.45, 7) is 6.34. The summed E-state index contributed by atoms with van der Waals surface area (Å²) in [5, 5.41) is 21.0. The van der Waals surface area contributed by atoms with Crippen molar-refractivity contribution in [1.29, 1.82) is 0 Å². The lowest BCUT2D eigenvalue weighted by atomic mass is 9.96. The molecular formula is C13H20N6O. The molecule has 20 heavy (non-hydrogen) atoms. The van der Waals surface area contributed by atoms with Crippen LogP contribution >= 0.6 is 0 Å². The molecule has 7 heteroatoms. The molecule has 3 rings (SSSR count). The van der Waals surface area contributed by atoms with E-state index >= 15 is 0 Å². The summed E-state index contributed by atoms with van der Waals surface area (Å²) in [7, 11) is 0. The number of hydrogen-bond acceptors (Lipinski definition) is 6. The second-order valence-electron chi connectivity index (χ2n) is 5.31. The zero-order valence-corrected chi connectivity index (χ0v) is 11.8. The molecule has 0 amide bonds. The molecule has 108 valence electrons. The minimum absolute atomic E-state index is 0.316. The first-order chi connectivity index (χ1) is 9.69. The van der Waals surface area contributed by atoms with Crippen molar-refractivity contribution in [2.24, 2.45) is 5.92 Å². The smallest absolute Gasteiger partial charge is 0.226 e. The van der Waals surface area contributed by atoms with Crippen LogP contribution in [0.25, 0.3) is 11.0 Å². The van der Waals surface area contributed by atoms with E-state index in [2.05, 4.69) is 37.3 Å². The second-order valence-corrected chi connectivity index (χ2v) is 5.31. The molecule has 0 aliphatic carbocycles. The van der Waals surface area contributed by atoms with Gasteiger partial charge < -0.3 is 15.3 Å². The third-order valence-corrected chi connectivity index (χ3v) is 3.84. The molecule has 2 unspecified atom stereocenters. The van der Waals surface area contributed by atoms with Gasteiger partial charge in [0.1, 0.15) is 5.82 Å². The average Bonchev–Trinajstić information content (AvgIpc) is 2.89. The number of aliphatic hydroxyl groups excluding tert-OH is 1. The van der Waals surface area contributed by atoms with Gasteiger partial charge in [-0.25, -0.2) is 0 Å². The van der Waals surface area contributed by atoms with Crippen molar-refractivity contribution in [1.82, 2.24) is 20.2 Å². The zero-order valence-electron chi connectivity index (χ0n) is 11.8. The Hall–Kier alpha value is -1.89. The Balaban J connectivity index is 1.98. The highest BCUT2D eigenvalue weighted by Gasteiger charge is 2.26. The van der Waals surface area contributed by atoms with Gasteiger partial charge in [0, 0.05) is 19.6 Å². The number of piperidine rings is 1. The van der Waals surface area contributed by atoms with Gasteiger partial charge >= 0.3 is 0 Å². The van der Waals surface area contributed by atoms with Crippen molar-refractivity contribution in [2.45, 2.75) is 26.4 Å². The molecule has 0 radical (unpaired) electrons. The van der Waals surface area contributed by atoms with Crippen LogP contribution in [-0.4, -0.2) is 51.0 Å². The third kappa shape index (κ3) is 2.29. The zero-order chi connectivity index (χ0) is 14.1. The van der Waals surface area contributed by atoms with Gasteiger partial charge in [-0.05, 0) is 19.3 Å². The van der Waals surface area contributed by atoms with Gasteiger partial charge in [-0.15, -0.1) is 0 Å². The average molecular weight is 276 g/mol. The Morgan fingerprint density at radius 2 is 2.35 bits per heavy atom. The minimum atomic E-state index is -0.316. The highest BCUT2D eigenvalue weighted by molar-refractivity contribution is 5.87. The van der Waals surface area contributed by atoms with Crippen LogP contribution in [0.4, 0.5) is 11.8 Å². The highest BCUT2D eigenvalue weighted by Crippen LogP contribution is 2.28. The van der Waals surface area contributed by atoms with Gasteiger partial charge in [0.15, 0.2) is 5.65 Å². The summed E-state index contributed by atoms with van der Waals surface area (Å²) in [5.41, 5.74) is 0.721. The molecule has 1 fully saturated rings. The summed E-state index contributed by atoms with van der Waals surface area (Å²) in [4.78, 5) is 11.1. The summed E-state index contributed by atoms with van der Waals surface area (Å²) in [6.07, 6.45) is 2.38. The van der Waals surface area contributed by atoms with Gasteiger partial charge in [-0.1, -0.05) is 6.92 Å². The maximum atomic E-state index is 10.1. The number of nitrogens with zero attached hydrogens (tertiary/aromatic N) is 4. The Labute approximate surface area is 117 Å². The van der Waals surface area contributed by atoms with Crippen LogP contribution in [-0.2, 0) is 0 Å². The highest BCUT2D eigenvalue weighted by atomic mass is 16.3. The summed E-state index contributed by atoms with van der Waals surface area (Å²) < 4.78 is 0.